The number of ether oxygens (including phenoxy) is 1. The summed E-state index contributed by atoms with van der Waals surface area (Å²) in [6.45, 7) is 0. The minimum atomic E-state index is 0.518. The number of benzene rings is 2. The first-order valence-corrected chi connectivity index (χ1v) is 7.16. The van der Waals surface area contributed by atoms with E-state index in [2.05, 4.69) is 20.5 Å². The minimum absolute atomic E-state index is 0.518. The first-order chi connectivity index (χ1) is 11.3. The largest absolute Gasteiger partial charge is 0.497 e. The van der Waals surface area contributed by atoms with Crippen molar-refractivity contribution in [1.29, 1.82) is 0 Å². The summed E-state index contributed by atoms with van der Waals surface area (Å²) in [7, 11) is 3.54. The van der Waals surface area contributed by atoms with Gasteiger partial charge in [0.05, 0.1) is 13.3 Å². The molecule has 0 bridgehead atoms. The monoisotopic (exact) mass is 307 g/mol. The summed E-state index contributed by atoms with van der Waals surface area (Å²) in [6.07, 6.45) is 1.59. The molecule has 0 radical (unpaired) electrons. The highest BCUT2D eigenvalue weighted by atomic mass is 16.5. The lowest BCUT2D eigenvalue weighted by molar-refractivity contribution is 0.415. The van der Waals surface area contributed by atoms with Gasteiger partial charge in [0.25, 0.3) is 5.95 Å². The van der Waals surface area contributed by atoms with E-state index < -0.39 is 0 Å². The Kier molecular flexibility index (Phi) is 4.33. The maximum absolute atomic E-state index is 5.22. The second kappa shape index (κ2) is 6.74. The topological polar surface area (TPSA) is 63.2 Å². The van der Waals surface area contributed by atoms with Crippen LogP contribution in [-0.4, -0.2) is 29.3 Å². The van der Waals surface area contributed by atoms with Crippen molar-refractivity contribution < 1.29 is 4.74 Å². The molecular weight excluding hydrogens is 290 g/mol. The van der Waals surface area contributed by atoms with E-state index in [4.69, 9.17) is 4.74 Å². The Hall–Kier alpha value is -3.15. The Balaban J connectivity index is 1.82. The zero-order chi connectivity index (χ0) is 16.1. The van der Waals surface area contributed by atoms with Crippen molar-refractivity contribution in [3.63, 3.8) is 0 Å². The van der Waals surface area contributed by atoms with Crippen LogP contribution in [0.4, 0.5) is 23.1 Å². The molecule has 23 heavy (non-hydrogen) atoms. The number of para-hydroxylation sites is 1. The normalized spacial score (nSPS) is 10.2. The Bertz CT molecular complexity index is 779. The van der Waals surface area contributed by atoms with Crippen LogP contribution in [0.2, 0.25) is 0 Å². The maximum atomic E-state index is 5.22. The van der Waals surface area contributed by atoms with Crippen LogP contribution in [0.25, 0.3) is 0 Å². The molecule has 0 spiro atoms. The quantitative estimate of drug-likeness (QED) is 0.779. The number of anilines is 4. The molecule has 2 aromatic carbocycles. The number of hydrogen-bond donors (Lipinski definition) is 1. The van der Waals surface area contributed by atoms with E-state index in [1.807, 2.05) is 66.5 Å². The van der Waals surface area contributed by atoms with Crippen molar-refractivity contribution in [2.24, 2.45) is 0 Å². The van der Waals surface area contributed by atoms with E-state index in [0.29, 0.717) is 11.8 Å². The second-order valence-electron chi connectivity index (χ2n) is 4.89. The molecule has 0 amide bonds. The third-order valence-electron chi connectivity index (χ3n) is 3.33. The summed E-state index contributed by atoms with van der Waals surface area (Å²) in [5.41, 5.74) is 1.87. The van der Waals surface area contributed by atoms with Crippen LogP contribution in [0.3, 0.4) is 0 Å². The van der Waals surface area contributed by atoms with Gasteiger partial charge in [-0.1, -0.05) is 24.3 Å². The molecule has 3 aromatic rings. The molecule has 1 N–H and O–H groups in total. The van der Waals surface area contributed by atoms with Crippen molar-refractivity contribution in [3.8, 4) is 5.75 Å². The molecule has 6 heteroatoms. The van der Waals surface area contributed by atoms with Crippen molar-refractivity contribution in [2.45, 2.75) is 0 Å². The molecule has 116 valence electrons. The molecule has 3 rings (SSSR count). The predicted molar refractivity (Wildman–Crippen MR) is 90.6 cm³/mol. The molecule has 0 saturated carbocycles. The number of hydrogen-bond acceptors (Lipinski definition) is 6. The van der Waals surface area contributed by atoms with Crippen LogP contribution in [0, 0.1) is 0 Å². The molecule has 0 aliphatic heterocycles. The fourth-order valence-corrected chi connectivity index (χ4v) is 2.11. The van der Waals surface area contributed by atoms with Crippen molar-refractivity contribution in [2.75, 3.05) is 24.4 Å². The van der Waals surface area contributed by atoms with Gasteiger partial charge in [0, 0.05) is 24.5 Å². The summed E-state index contributed by atoms with van der Waals surface area (Å²) in [6, 6.07) is 17.5. The fourth-order valence-electron chi connectivity index (χ4n) is 2.11. The number of nitrogens with one attached hydrogen (secondary N) is 1. The Labute approximate surface area is 134 Å². The Morgan fingerprint density at radius 2 is 1.87 bits per heavy atom. The van der Waals surface area contributed by atoms with Gasteiger partial charge in [-0.15, -0.1) is 5.10 Å². The molecule has 6 nitrogen and oxygen atoms in total. The Morgan fingerprint density at radius 3 is 2.65 bits per heavy atom. The highest BCUT2D eigenvalue weighted by molar-refractivity contribution is 5.60. The van der Waals surface area contributed by atoms with Gasteiger partial charge < -0.3 is 15.0 Å². The van der Waals surface area contributed by atoms with Gasteiger partial charge in [0.2, 0.25) is 0 Å². The highest BCUT2D eigenvalue weighted by Gasteiger charge is 2.08. The maximum Gasteiger partial charge on any atom is 0.251 e. The first kappa shape index (κ1) is 14.8. The fraction of sp³-hybridized carbons (Fsp3) is 0.118. The lowest BCUT2D eigenvalue weighted by Gasteiger charge is -2.17. The number of nitrogens with zero attached hydrogens (tertiary/aromatic N) is 4. The number of rotatable bonds is 5. The summed E-state index contributed by atoms with van der Waals surface area (Å²) in [4.78, 5) is 6.38. The number of methoxy groups -OCH3 is 1. The smallest absolute Gasteiger partial charge is 0.251 e. The van der Waals surface area contributed by atoms with Gasteiger partial charge in [-0.3, -0.25) is 0 Å². The van der Waals surface area contributed by atoms with Crippen LogP contribution in [0.5, 0.6) is 5.75 Å². The zero-order valence-electron chi connectivity index (χ0n) is 13.0. The van der Waals surface area contributed by atoms with Gasteiger partial charge in [-0.2, -0.15) is 10.1 Å². The van der Waals surface area contributed by atoms with E-state index in [1.165, 1.54) is 0 Å². The van der Waals surface area contributed by atoms with Crippen molar-refractivity contribution in [1.82, 2.24) is 15.2 Å². The third kappa shape index (κ3) is 3.55. The van der Waals surface area contributed by atoms with E-state index in [-0.39, 0.29) is 0 Å². The van der Waals surface area contributed by atoms with Gasteiger partial charge in [0.1, 0.15) is 5.75 Å². The van der Waals surface area contributed by atoms with Crippen molar-refractivity contribution in [3.05, 3.63) is 60.8 Å². The molecular formula is C17H17N5O. The average Bonchev–Trinajstić information content (AvgIpc) is 2.62. The number of aromatic nitrogens is 3. The van der Waals surface area contributed by atoms with Crippen LogP contribution < -0.4 is 15.0 Å². The molecule has 0 atom stereocenters. The molecule has 0 aliphatic rings. The molecule has 1 aromatic heterocycles. The Morgan fingerprint density at radius 1 is 1.04 bits per heavy atom. The lowest BCUT2D eigenvalue weighted by atomic mass is 10.3. The highest BCUT2D eigenvalue weighted by Crippen LogP contribution is 2.22. The van der Waals surface area contributed by atoms with E-state index in [0.717, 1.165) is 17.1 Å². The zero-order valence-corrected chi connectivity index (χ0v) is 13.0. The average molecular weight is 307 g/mol. The molecule has 0 unspecified atom stereocenters. The van der Waals surface area contributed by atoms with E-state index in [1.54, 1.807) is 13.3 Å². The van der Waals surface area contributed by atoms with Gasteiger partial charge in [-0.25, -0.2) is 0 Å². The van der Waals surface area contributed by atoms with Gasteiger partial charge in [0.15, 0.2) is 5.82 Å². The SMILES string of the molecule is COc1cccc(Nc2cnnc(N(C)c3ccccc3)n2)c1. The summed E-state index contributed by atoms with van der Waals surface area (Å²) in [5, 5.41) is 11.3. The van der Waals surface area contributed by atoms with E-state index in [9.17, 15) is 0 Å². The van der Waals surface area contributed by atoms with Crippen LogP contribution in [-0.2, 0) is 0 Å². The minimum Gasteiger partial charge on any atom is -0.497 e. The van der Waals surface area contributed by atoms with E-state index >= 15 is 0 Å². The third-order valence-corrected chi connectivity index (χ3v) is 3.33. The van der Waals surface area contributed by atoms with Crippen LogP contribution >= 0.6 is 0 Å². The first-order valence-electron chi connectivity index (χ1n) is 7.16. The van der Waals surface area contributed by atoms with Crippen LogP contribution in [0.15, 0.2) is 60.8 Å². The second-order valence-corrected chi connectivity index (χ2v) is 4.89. The molecule has 0 fully saturated rings. The van der Waals surface area contributed by atoms with Crippen LogP contribution in [0.1, 0.15) is 0 Å². The molecule has 1 heterocycles. The summed E-state index contributed by atoms with van der Waals surface area (Å²) < 4.78 is 5.22. The summed E-state index contributed by atoms with van der Waals surface area (Å²) >= 11 is 0. The predicted octanol–water partition coefficient (Wildman–Crippen LogP) is 3.39. The lowest BCUT2D eigenvalue weighted by Crippen LogP contribution is -2.14. The van der Waals surface area contributed by atoms with Gasteiger partial charge in [-0.05, 0) is 24.3 Å². The summed E-state index contributed by atoms with van der Waals surface area (Å²) in [5.74, 6) is 1.91. The molecule has 0 saturated heterocycles. The molecule has 0 aliphatic carbocycles. The standard InChI is InChI=1S/C17H17N5O/c1-22(14-8-4-3-5-9-14)17-20-16(12-18-21-17)19-13-7-6-10-15(11-13)23-2/h3-12H,1-2H3,(H,19,20,21). The van der Waals surface area contributed by atoms with Crippen molar-refractivity contribution >= 4 is 23.1 Å². The van der Waals surface area contributed by atoms with Gasteiger partial charge >= 0.3 is 0 Å².